The van der Waals surface area contributed by atoms with Crippen LogP contribution in [0.3, 0.4) is 0 Å². The van der Waals surface area contributed by atoms with Crippen molar-refractivity contribution in [1.29, 1.82) is 0 Å². The number of hydrogen-bond donors (Lipinski definition) is 0. The molecule has 0 bridgehead atoms. The van der Waals surface area contributed by atoms with Gasteiger partial charge in [0.25, 0.3) is 0 Å². The predicted molar refractivity (Wildman–Crippen MR) is 142 cm³/mol. The average Bonchev–Trinajstić information content (AvgIpc) is 3.55. The fraction of sp³-hybridized carbons (Fsp3) is 0.370. The zero-order valence-electron chi connectivity index (χ0n) is 20.1. The zero-order valence-corrected chi connectivity index (χ0v) is 22.5. The van der Waals surface area contributed by atoms with Gasteiger partial charge < -0.3 is 9.64 Å². The van der Waals surface area contributed by atoms with E-state index in [1.165, 1.54) is 9.18 Å². The molecule has 0 spiro atoms. The number of ether oxygens (including phenoxy) is 1. The number of hydrogen-bond acceptors (Lipinski definition) is 5. The monoisotopic (exact) mass is 544 g/mol. The molecule has 1 aromatic heterocycles. The average molecular weight is 545 g/mol. The van der Waals surface area contributed by atoms with Crippen LogP contribution in [0.25, 0.3) is 0 Å². The lowest BCUT2D eigenvalue weighted by Crippen LogP contribution is -2.48. The number of carbonyl (C=O) groups is 1. The summed E-state index contributed by atoms with van der Waals surface area (Å²) in [5.41, 5.74) is 2.06. The van der Waals surface area contributed by atoms with Gasteiger partial charge in [-0.1, -0.05) is 29.3 Å². The van der Waals surface area contributed by atoms with Gasteiger partial charge in [-0.15, -0.1) is 11.3 Å². The molecular formula is C27H29ClN2O4S2. The van der Waals surface area contributed by atoms with Crippen molar-refractivity contribution in [3.05, 3.63) is 81.0 Å². The maximum Gasteiger partial charge on any atom is 0.243 e. The first kappa shape index (κ1) is 25.3. The molecule has 2 aliphatic rings. The van der Waals surface area contributed by atoms with Gasteiger partial charge in [0.15, 0.2) is 0 Å². The van der Waals surface area contributed by atoms with Crippen LogP contribution in [0.15, 0.2) is 64.9 Å². The molecule has 0 saturated heterocycles. The van der Waals surface area contributed by atoms with Gasteiger partial charge in [-0.05, 0) is 85.5 Å². The number of thiophene rings is 1. The van der Waals surface area contributed by atoms with Gasteiger partial charge in [0.2, 0.25) is 15.9 Å². The van der Waals surface area contributed by atoms with E-state index in [1.807, 2.05) is 18.4 Å². The van der Waals surface area contributed by atoms with E-state index in [1.54, 1.807) is 64.8 Å². The summed E-state index contributed by atoms with van der Waals surface area (Å²) in [5.74, 6) is 0.784. The number of nitrogens with zero attached hydrogens (tertiary/aromatic N) is 2. The maximum atomic E-state index is 13.7. The largest absolute Gasteiger partial charge is 0.491 e. The highest BCUT2D eigenvalue weighted by Crippen LogP contribution is 2.35. The van der Waals surface area contributed by atoms with Crippen LogP contribution in [0.2, 0.25) is 5.02 Å². The van der Waals surface area contributed by atoms with Crippen LogP contribution in [0.5, 0.6) is 5.75 Å². The van der Waals surface area contributed by atoms with Crippen LogP contribution >= 0.6 is 22.9 Å². The van der Waals surface area contributed by atoms with Crippen molar-refractivity contribution in [1.82, 2.24) is 9.21 Å². The van der Waals surface area contributed by atoms with E-state index in [0.717, 1.165) is 30.4 Å². The van der Waals surface area contributed by atoms with Crippen LogP contribution < -0.4 is 4.74 Å². The van der Waals surface area contributed by atoms with Crippen LogP contribution in [0.1, 0.15) is 34.9 Å². The second kappa shape index (κ2) is 10.5. The third-order valence-corrected chi connectivity index (χ3v) is 9.84. The SMILES string of the molecule is Cc1ccc(S(=O)(=O)N(CC(=O)N2CCc3sccc3C2COc2ccc(Cl)cc2)CC2CC2)cc1. The highest BCUT2D eigenvalue weighted by atomic mass is 35.5. The quantitative estimate of drug-likeness (QED) is 0.366. The molecule has 190 valence electrons. The number of benzene rings is 2. The Labute approximate surface area is 221 Å². The van der Waals surface area contributed by atoms with Crippen LogP contribution in [0.4, 0.5) is 0 Å². The van der Waals surface area contributed by atoms with Gasteiger partial charge in [-0.25, -0.2) is 8.42 Å². The standard InChI is InChI=1S/C27H29ClN2O4S2/c1-19-2-10-23(11-3-19)36(32,33)29(16-20-4-5-20)17-27(31)30-14-12-26-24(13-15-35-26)25(30)18-34-22-8-6-21(28)7-9-22/h2-3,6-11,13,15,20,25H,4-5,12,14,16-18H2,1H3. The number of amides is 1. The van der Waals surface area contributed by atoms with Crippen molar-refractivity contribution in [2.24, 2.45) is 5.92 Å². The first-order chi connectivity index (χ1) is 17.3. The zero-order chi connectivity index (χ0) is 25.3. The third-order valence-electron chi connectivity index (χ3n) is 6.77. The fourth-order valence-electron chi connectivity index (χ4n) is 4.52. The Morgan fingerprint density at radius 2 is 1.83 bits per heavy atom. The molecule has 6 nitrogen and oxygen atoms in total. The summed E-state index contributed by atoms with van der Waals surface area (Å²) in [6.45, 7) is 2.92. The second-order valence-corrected chi connectivity index (χ2v) is 12.8. The fourth-order valence-corrected chi connectivity index (χ4v) is 7.04. The number of halogens is 1. The Bertz CT molecular complexity index is 1320. The first-order valence-electron chi connectivity index (χ1n) is 12.1. The lowest BCUT2D eigenvalue weighted by molar-refractivity contribution is -0.135. The summed E-state index contributed by atoms with van der Waals surface area (Å²) >= 11 is 7.68. The Hall–Kier alpha value is -2.39. The molecule has 2 heterocycles. The molecule has 2 aromatic carbocycles. The molecule has 1 amide bonds. The van der Waals surface area contributed by atoms with E-state index >= 15 is 0 Å². The molecule has 36 heavy (non-hydrogen) atoms. The van der Waals surface area contributed by atoms with Gasteiger partial charge >= 0.3 is 0 Å². The molecule has 1 aliphatic carbocycles. The lowest BCUT2D eigenvalue weighted by atomic mass is 10.0. The molecule has 1 saturated carbocycles. The number of aryl methyl sites for hydroxylation is 1. The predicted octanol–water partition coefficient (Wildman–Crippen LogP) is 5.32. The van der Waals surface area contributed by atoms with Crippen molar-refractivity contribution >= 4 is 38.9 Å². The highest BCUT2D eigenvalue weighted by Gasteiger charge is 2.37. The minimum Gasteiger partial charge on any atom is -0.491 e. The lowest BCUT2D eigenvalue weighted by Gasteiger charge is -2.37. The Morgan fingerprint density at radius 1 is 1.11 bits per heavy atom. The highest BCUT2D eigenvalue weighted by molar-refractivity contribution is 7.89. The number of sulfonamides is 1. The molecule has 0 N–H and O–H groups in total. The summed E-state index contributed by atoms with van der Waals surface area (Å²) in [5, 5.41) is 2.66. The van der Waals surface area contributed by atoms with Crippen LogP contribution in [-0.2, 0) is 21.2 Å². The summed E-state index contributed by atoms with van der Waals surface area (Å²) in [6, 6.07) is 15.7. The third kappa shape index (κ3) is 5.62. The van der Waals surface area contributed by atoms with Crippen molar-refractivity contribution < 1.29 is 17.9 Å². The Balaban J connectivity index is 1.37. The van der Waals surface area contributed by atoms with Crippen molar-refractivity contribution in [2.75, 3.05) is 26.2 Å². The minimum absolute atomic E-state index is 0.177. The molecule has 5 rings (SSSR count). The van der Waals surface area contributed by atoms with Crippen molar-refractivity contribution in [3.8, 4) is 5.75 Å². The molecule has 1 aliphatic heterocycles. The van der Waals surface area contributed by atoms with Gasteiger partial charge in [-0.2, -0.15) is 4.31 Å². The first-order valence-corrected chi connectivity index (χ1v) is 14.8. The maximum absolute atomic E-state index is 13.7. The molecule has 1 fully saturated rings. The van der Waals surface area contributed by atoms with E-state index in [9.17, 15) is 13.2 Å². The van der Waals surface area contributed by atoms with E-state index in [0.29, 0.717) is 29.8 Å². The smallest absolute Gasteiger partial charge is 0.243 e. The van der Waals surface area contributed by atoms with Crippen LogP contribution in [0, 0.1) is 12.8 Å². The summed E-state index contributed by atoms with van der Waals surface area (Å²) in [4.78, 5) is 16.9. The van der Waals surface area contributed by atoms with E-state index in [-0.39, 0.29) is 30.0 Å². The van der Waals surface area contributed by atoms with Gasteiger partial charge in [0, 0.05) is 23.0 Å². The number of fused-ring (bicyclic) bond motifs is 1. The molecule has 3 aromatic rings. The summed E-state index contributed by atoms with van der Waals surface area (Å²) < 4.78 is 34.5. The molecule has 1 unspecified atom stereocenters. The van der Waals surface area contributed by atoms with Gasteiger partial charge in [0.05, 0.1) is 17.5 Å². The van der Waals surface area contributed by atoms with Crippen LogP contribution in [-0.4, -0.2) is 49.8 Å². The topological polar surface area (TPSA) is 66.9 Å². The van der Waals surface area contributed by atoms with Gasteiger partial charge in [-0.3, -0.25) is 4.79 Å². The molecule has 1 atom stereocenters. The van der Waals surface area contributed by atoms with Gasteiger partial charge in [0.1, 0.15) is 12.4 Å². The number of rotatable bonds is 9. The van der Waals surface area contributed by atoms with Crippen molar-refractivity contribution in [3.63, 3.8) is 0 Å². The summed E-state index contributed by atoms with van der Waals surface area (Å²) in [7, 11) is -3.79. The Kier molecular flexibility index (Phi) is 7.40. The molecule has 0 radical (unpaired) electrons. The summed E-state index contributed by atoms with van der Waals surface area (Å²) in [6.07, 6.45) is 2.74. The number of carbonyl (C=O) groups excluding carboxylic acids is 1. The minimum atomic E-state index is -3.79. The normalized spacial score (nSPS) is 17.8. The Morgan fingerprint density at radius 3 is 2.53 bits per heavy atom. The van der Waals surface area contributed by atoms with E-state index in [4.69, 9.17) is 16.3 Å². The second-order valence-electron chi connectivity index (χ2n) is 9.47. The molecular weight excluding hydrogens is 516 g/mol. The molecule has 9 heteroatoms. The van der Waals surface area contributed by atoms with Crippen molar-refractivity contribution in [2.45, 2.75) is 37.1 Å². The van der Waals surface area contributed by atoms with E-state index < -0.39 is 10.0 Å². The van der Waals surface area contributed by atoms with E-state index in [2.05, 4.69) is 0 Å².